The van der Waals surface area contributed by atoms with E-state index in [1.807, 2.05) is 43.3 Å². The molecule has 136 valence electrons. The van der Waals surface area contributed by atoms with E-state index >= 15 is 0 Å². The molecule has 1 heterocycles. The lowest BCUT2D eigenvalue weighted by Gasteiger charge is -2.06. The molecule has 1 N–H and O–H groups in total. The Balaban J connectivity index is 1.50. The van der Waals surface area contributed by atoms with E-state index in [2.05, 4.69) is 11.4 Å². The average Bonchev–Trinajstić information content (AvgIpc) is 3.15. The van der Waals surface area contributed by atoms with Crippen molar-refractivity contribution in [3.8, 4) is 5.75 Å². The third kappa shape index (κ3) is 4.86. The van der Waals surface area contributed by atoms with Gasteiger partial charge in [-0.2, -0.15) is 0 Å². The fourth-order valence-corrected chi connectivity index (χ4v) is 2.60. The number of amides is 1. The molecule has 2 aromatic carbocycles. The van der Waals surface area contributed by atoms with Crippen molar-refractivity contribution in [1.29, 1.82) is 0 Å². The Labute approximate surface area is 152 Å². The SMILES string of the molecule is CCOCCCNC(=O)c1ccc(COc2ccc3ccccc3c2)o1. The molecule has 0 unspecified atom stereocenters. The van der Waals surface area contributed by atoms with Gasteiger partial charge < -0.3 is 19.2 Å². The van der Waals surface area contributed by atoms with E-state index < -0.39 is 0 Å². The zero-order valence-corrected chi connectivity index (χ0v) is 14.9. The quantitative estimate of drug-likeness (QED) is 0.587. The summed E-state index contributed by atoms with van der Waals surface area (Å²) in [5, 5.41) is 5.10. The fourth-order valence-electron chi connectivity index (χ4n) is 2.60. The third-order valence-electron chi connectivity index (χ3n) is 3.94. The lowest BCUT2D eigenvalue weighted by molar-refractivity contribution is 0.0913. The number of rotatable bonds is 9. The van der Waals surface area contributed by atoms with Crippen LogP contribution >= 0.6 is 0 Å². The molecule has 0 fully saturated rings. The van der Waals surface area contributed by atoms with E-state index in [4.69, 9.17) is 13.9 Å². The van der Waals surface area contributed by atoms with Crippen molar-refractivity contribution in [2.75, 3.05) is 19.8 Å². The maximum atomic E-state index is 12.0. The molecule has 5 nitrogen and oxygen atoms in total. The van der Waals surface area contributed by atoms with Crippen LogP contribution < -0.4 is 10.1 Å². The van der Waals surface area contributed by atoms with Crippen molar-refractivity contribution in [1.82, 2.24) is 5.32 Å². The van der Waals surface area contributed by atoms with Gasteiger partial charge in [0.05, 0.1) is 0 Å². The number of carbonyl (C=O) groups excluding carboxylic acids is 1. The van der Waals surface area contributed by atoms with Gasteiger partial charge in [0.1, 0.15) is 18.1 Å². The minimum atomic E-state index is -0.224. The monoisotopic (exact) mass is 353 g/mol. The molecule has 0 aliphatic heterocycles. The molecule has 1 amide bonds. The zero-order valence-electron chi connectivity index (χ0n) is 14.9. The highest BCUT2D eigenvalue weighted by Gasteiger charge is 2.11. The Kier molecular flexibility index (Phi) is 6.28. The Morgan fingerprint density at radius 3 is 2.77 bits per heavy atom. The summed E-state index contributed by atoms with van der Waals surface area (Å²) >= 11 is 0. The summed E-state index contributed by atoms with van der Waals surface area (Å²) in [4.78, 5) is 12.0. The topological polar surface area (TPSA) is 60.7 Å². The van der Waals surface area contributed by atoms with Crippen LogP contribution in [0.3, 0.4) is 0 Å². The second-order valence-electron chi connectivity index (χ2n) is 5.87. The van der Waals surface area contributed by atoms with Gasteiger partial charge in [0.2, 0.25) is 0 Å². The average molecular weight is 353 g/mol. The molecule has 3 rings (SSSR count). The van der Waals surface area contributed by atoms with Crippen LogP contribution in [0.25, 0.3) is 10.8 Å². The van der Waals surface area contributed by atoms with E-state index in [1.54, 1.807) is 12.1 Å². The van der Waals surface area contributed by atoms with Gasteiger partial charge in [0, 0.05) is 19.8 Å². The summed E-state index contributed by atoms with van der Waals surface area (Å²) in [5.74, 6) is 1.44. The van der Waals surface area contributed by atoms with Crippen molar-refractivity contribution in [2.24, 2.45) is 0 Å². The Hall–Kier alpha value is -2.79. The van der Waals surface area contributed by atoms with Crippen LogP contribution in [-0.2, 0) is 11.3 Å². The Morgan fingerprint density at radius 2 is 1.92 bits per heavy atom. The van der Waals surface area contributed by atoms with Crippen molar-refractivity contribution in [2.45, 2.75) is 20.0 Å². The number of benzene rings is 2. The summed E-state index contributed by atoms with van der Waals surface area (Å²) in [6.45, 7) is 4.11. The first-order chi connectivity index (χ1) is 12.8. The second kappa shape index (κ2) is 9.06. The van der Waals surface area contributed by atoms with E-state index in [9.17, 15) is 4.79 Å². The zero-order chi connectivity index (χ0) is 18.2. The van der Waals surface area contributed by atoms with Gasteiger partial charge in [-0.3, -0.25) is 4.79 Å². The first kappa shape index (κ1) is 18.0. The van der Waals surface area contributed by atoms with Crippen LogP contribution in [0.2, 0.25) is 0 Å². The predicted octanol–water partition coefficient (Wildman–Crippen LogP) is 4.17. The smallest absolute Gasteiger partial charge is 0.286 e. The van der Waals surface area contributed by atoms with E-state index in [1.165, 1.54) is 5.39 Å². The molecule has 0 saturated carbocycles. The second-order valence-corrected chi connectivity index (χ2v) is 5.87. The standard InChI is InChI=1S/C21H23NO4/c1-2-24-13-5-12-22-21(23)20-11-10-19(26-20)15-25-18-9-8-16-6-3-4-7-17(16)14-18/h3-4,6-11,14H,2,5,12-13,15H2,1H3,(H,22,23). The molecule has 0 aliphatic carbocycles. The molecule has 26 heavy (non-hydrogen) atoms. The molecule has 3 aromatic rings. The molecule has 0 saturated heterocycles. The van der Waals surface area contributed by atoms with Crippen LogP contribution in [0.5, 0.6) is 5.75 Å². The number of fused-ring (bicyclic) bond motifs is 1. The van der Waals surface area contributed by atoms with Gasteiger partial charge in [0.15, 0.2) is 5.76 Å². The molecule has 5 heteroatoms. The Morgan fingerprint density at radius 1 is 1.08 bits per heavy atom. The highest BCUT2D eigenvalue weighted by atomic mass is 16.5. The fraction of sp³-hybridized carbons (Fsp3) is 0.286. The lowest BCUT2D eigenvalue weighted by atomic mass is 10.1. The summed E-state index contributed by atoms with van der Waals surface area (Å²) in [7, 11) is 0. The van der Waals surface area contributed by atoms with E-state index in [0.717, 1.165) is 17.6 Å². The highest BCUT2D eigenvalue weighted by molar-refractivity contribution is 5.91. The van der Waals surface area contributed by atoms with Crippen LogP contribution in [0, 0.1) is 0 Å². The number of hydrogen-bond donors (Lipinski definition) is 1. The van der Waals surface area contributed by atoms with Gasteiger partial charge >= 0.3 is 0 Å². The van der Waals surface area contributed by atoms with Gasteiger partial charge in [-0.25, -0.2) is 0 Å². The van der Waals surface area contributed by atoms with Crippen molar-refractivity contribution in [3.05, 3.63) is 66.1 Å². The maximum absolute atomic E-state index is 12.0. The van der Waals surface area contributed by atoms with Gasteiger partial charge in [-0.1, -0.05) is 30.3 Å². The van der Waals surface area contributed by atoms with Crippen molar-refractivity contribution in [3.63, 3.8) is 0 Å². The molecular formula is C21H23NO4. The normalized spacial score (nSPS) is 10.8. The van der Waals surface area contributed by atoms with Crippen LogP contribution in [0.1, 0.15) is 29.7 Å². The molecule has 0 bridgehead atoms. The van der Waals surface area contributed by atoms with Crippen LogP contribution in [0.15, 0.2) is 59.0 Å². The number of hydrogen-bond acceptors (Lipinski definition) is 4. The maximum Gasteiger partial charge on any atom is 0.286 e. The largest absolute Gasteiger partial charge is 0.486 e. The van der Waals surface area contributed by atoms with Gasteiger partial charge in [0.25, 0.3) is 5.91 Å². The Bertz CT molecular complexity index is 856. The van der Waals surface area contributed by atoms with Gasteiger partial charge in [-0.15, -0.1) is 0 Å². The molecular weight excluding hydrogens is 330 g/mol. The van der Waals surface area contributed by atoms with Crippen LogP contribution in [-0.4, -0.2) is 25.7 Å². The lowest BCUT2D eigenvalue weighted by Crippen LogP contribution is -2.24. The molecule has 0 atom stereocenters. The molecule has 0 spiro atoms. The summed E-state index contributed by atoms with van der Waals surface area (Å²) < 4.78 is 16.6. The molecule has 1 aromatic heterocycles. The van der Waals surface area contributed by atoms with E-state index in [-0.39, 0.29) is 12.5 Å². The first-order valence-corrected chi connectivity index (χ1v) is 8.82. The molecule has 0 aliphatic rings. The highest BCUT2D eigenvalue weighted by Crippen LogP contribution is 2.21. The number of ether oxygens (including phenoxy) is 2. The summed E-state index contributed by atoms with van der Waals surface area (Å²) in [5.41, 5.74) is 0. The third-order valence-corrected chi connectivity index (χ3v) is 3.94. The van der Waals surface area contributed by atoms with Crippen LogP contribution in [0.4, 0.5) is 0 Å². The van der Waals surface area contributed by atoms with Crippen molar-refractivity contribution >= 4 is 16.7 Å². The minimum Gasteiger partial charge on any atom is -0.486 e. The number of carbonyl (C=O) groups is 1. The summed E-state index contributed by atoms with van der Waals surface area (Å²) in [6.07, 6.45) is 0.776. The summed E-state index contributed by atoms with van der Waals surface area (Å²) in [6, 6.07) is 17.5. The molecule has 0 radical (unpaired) electrons. The van der Waals surface area contributed by atoms with Gasteiger partial charge in [-0.05, 0) is 48.4 Å². The predicted molar refractivity (Wildman–Crippen MR) is 100 cm³/mol. The minimum absolute atomic E-state index is 0.224. The number of nitrogens with one attached hydrogen (secondary N) is 1. The number of furan rings is 1. The first-order valence-electron chi connectivity index (χ1n) is 8.82. The van der Waals surface area contributed by atoms with Crippen molar-refractivity contribution < 1.29 is 18.7 Å². The van der Waals surface area contributed by atoms with E-state index in [0.29, 0.717) is 31.3 Å².